The largest absolute Gasteiger partial charge is 0.478 e. The van der Waals surface area contributed by atoms with E-state index in [9.17, 15) is 9.18 Å². The number of halogens is 1. The molecule has 0 bridgehead atoms. The first kappa shape index (κ1) is 13.2. The Kier molecular flexibility index (Phi) is 3.86. The van der Waals surface area contributed by atoms with Gasteiger partial charge in [-0.1, -0.05) is 6.07 Å². The lowest BCUT2D eigenvalue weighted by molar-refractivity contribution is 0.0692. The van der Waals surface area contributed by atoms with Crippen LogP contribution in [0.4, 0.5) is 4.39 Å². The molecule has 0 atom stereocenters. The van der Waals surface area contributed by atoms with Gasteiger partial charge >= 0.3 is 5.97 Å². The summed E-state index contributed by atoms with van der Waals surface area (Å²) in [6.45, 7) is 0.919. The maximum Gasteiger partial charge on any atom is 0.338 e. The highest BCUT2D eigenvalue weighted by Crippen LogP contribution is 2.10. The molecule has 6 nitrogen and oxygen atoms in total. The summed E-state index contributed by atoms with van der Waals surface area (Å²) >= 11 is 0. The highest BCUT2D eigenvalue weighted by molar-refractivity contribution is 5.87. The van der Waals surface area contributed by atoms with Crippen LogP contribution in [0.5, 0.6) is 0 Å². The van der Waals surface area contributed by atoms with Crippen LogP contribution >= 0.6 is 0 Å². The summed E-state index contributed by atoms with van der Waals surface area (Å²) in [6, 6.07) is 4.06. The number of nitrogens with one attached hydrogen (secondary N) is 1. The molecule has 0 aliphatic carbocycles. The quantitative estimate of drug-likeness (QED) is 0.840. The molecule has 1 aromatic heterocycles. The van der Waals surface area contributed by atoms with Gasteiger partial charge in [0.15, 0.2) is 0 Å². The second-order valence-corrected chi connectivity index (χ2v) is 4.08. The second kappa shape index (κ2) is 5.57. The van der Waals surface area contributed by atoms with Crippen LogP contribution < -0.4 is 5.32 Å². The summed E-state index contributed by atoms with van der Waals surface area (Å²) in [5.41, 5.74) is 0.349. The number of aryl methyl sites for hydroxylation is 1. The van der Waals surface area contributed by atoms with Crippen molar-refractivity contribution in [2.75, 3.05) is 0 Å². The fourth-order valence-electron chi connectivity index (χ4n) is 1.63. The number of carbonyl (C=O) groups is 1. The van der Waals surface area contributed by atoms with Crippen molar-refractivity contribution in [1.29, 1.82) is 0 Å². The van der Waals surface area contributed by atoms with Gasteiger partial charge in [0.05, 0.1) is 12.1 Å². The Morgan fingerprint density at radius 3 is 2.84 bits per heavy atom. The Morgan fingerprint density at radius 2 is 2.26 bits per heavy atom. The van der Waals surface area contributed by atoms with Gasteiger partial charge in [-0.05, 0) is 17.7 Å². The third-order valence-corrected chi connectivity index (χ3v) is 2.68. The Labute approximate surface area is 108 Å². The van der Waals surface area contributed by atoms with Crippen LogP contribution in [0.1, 0.15) is 21.7 Å². The third kappa shape index (κ3) is 3.14. The van der Waals surface area contributed by atoms with Gasteiger partial charge < -0.3 is 15.0 Å². The van der Waals surface area contributed by atoms with Crippen molar-refractivity contribution in [2.45, 2.75) is 13.1 Å². The molecule has 100 valence electrons. The van der Waals surface area contributed by atoms with Crippen LogP contribution in [-0.2, 0) is 20.1 Å². The van der Waals surface area contributed by atoms with E-state index in [2.05, 4.69) is 15.5 Å². The summed E-state index contributed by atoms with van der Waals surface area (Å²) in [5, 5.41) is 19.4. The van der Waals surface area contributed by atoms with Gasteiger partial charge in [-0.15, -0.1) is 10.2 Å². The monoisotopic (exact) mass is 264 g/mol. The van der Waals surface area contributed by atoms with Crippen molar-refractivity contribution >= 4 is 5.97 Å². The van der Waals surface area contributed by atoms with E-state index < -0.39 is 11.8 Å². The van der Waals surface area contributed by atoms with Crippen molar-refractivity contribution in [1.82, 2.24) is 20.1 Å². The number of carboxylic acids is 1. The van der Waals surface area contributed by atoms with E-state index in [-0.39, 0.29) is 5.56 Å². The molecule has 2 rings (SSSR count). The molecule has 0 unspecified atom stereocenters. The third-order valence-electron chi connectivity index (χ3n) is 2.68. The number of nitrogens with zero attached hydrogens (tertiary/aromatic N) is 3. The van der Waals surface area contributed by atoms with Crippen molar-refractivity contribution in [3.63, 3.8) is 0 Å². The molecule has 0 amide bonds. The summed E-state index contributed by atoms with van der Waals surface area (Å²) in [4.78, 5) is 10.7. The smallest absolute Gasteiger partial charge is 0.338 e. The Balaban J connectivity index is 1.95. The molecule has 0 spiro atoms. The Hall–Kier alpha value is -2.28. The molecule has 0 saturated carbocycles. The molecule has 0 radical (unpaired) electrons. The van der Waals surface area contributed by atoms with Crippen LogP contribution in [0.2, 0.25) is 0 Å². The predicted molar refractivity (Wildman–Crippen MR) is 64.9 cm³/mol. The van der Waals surface area contributed by atoms with Crippen LogP contribution in [0, 0.1) is 5.82 Å². The number of aromatic carboxylic acids is 1. The fraction of sp³-hybridized carbons (Fsp3) is 0.250. The van der Waals surface area contributed by atoms with Gasteiger partial charge in [-0.25, -0.2) is 9.18 Å². The van der Waals surface area contributed by atoms with Crippen LogP contribution in [0.15, 0.2) is 24.5 Å². The number of carboxylic acid groups (broad SMARTS) is 1. The molecule has 0 saturated heterocycles. The summed E-state index contributed by atoms with van der Waals surface area (Å²) in [5.74, 6) is -1.23. The second-order valence-electron chi connectivity index (χ2n) is 4.08. The lowest BCUT2D eigenvalue weighted by Crippen LogP contribution is -2.16. The predicted octanol–water partition coefficient (Wildman–Crippen LogP) is 0.942. The lowest BCUT2D eigenvalue weighted by Gasteiger charge is -2.05. The molecule has 0 aliphatic heterocycles. The molecule has 0 aliphatic rings. The first-order valence-corrected chi connectivity index (χ1v) is 5.63. The van der Waals surface area contributed by atoms with E-state index in [0.29, 0.717) is 18.7 Å². The van der Waals surface area contributed by atoms with Crippen LogP contribution in [0.25, 0.3) is 0 Å². The van der Waals surface area contributed by atoms with Crippen LogP contribution in [0.3, 0.4) is 0 Å². The van der Waals surface area contributed by atoms with Crippen LogP contribution in [-0.4, -0.2) is 25.8 Å². The van der Waals surface area contributed by atoms with E-state index in [0.717, 1.165) is 5.82 Å². The topological polar surface area (TPSA) is 80.0 Å². The number of aromatic nitrogens is 3. The minimum Gasteiger partial charge on any atom is -0.478 e. The fourth-order valence-corrected chi connectivity index (χ4v) is 1.63. The molecule has 1 aromatic carbocycles. The zero-order valence-corrected chi connectivity index (χ0v) is 10.3. The molecule has 7 heteroatoms. The Morgan fingerprint density at radius 1 is 1.47 bits per heavy atom. The van der Waals surface area contributed by atoms with E-state index in [1.165, 1.54) is 12.1 Å². The van der Waals surface area contributed by atoms with Gasteiger partial charge in [0, 0.05) is 13.6 Å². The van der Waals surface area contributed by atoms with Gasteiger partial charge in [0.25, 0.3) is 0 Å². The van der Waals surface area contributed by atoms with Gasteiger partial charge in [0.2, 0.25) is 0 Å². The number of rotatable bonds is 5. The van der Waals surface area contributed by atoms with Crippen molar-refractivity contribution < 1.29 is 14.3 Å². The molecule has 19 heavy (non-hydrogen) atoms. The standard InChI is InChI=1S/C12H13FN4O2/c1-17-7-15-16-11(17)6-14-5-8-2-3-9(12(18)19)10(13)4-8/h2-4,7,14H,5-6H2,1H3,(H,18,19). The maximum absolute atomic E-state index is 13.4. The minimum absolute atomic E-state index is 0.322. The average molecular weight is 264 g/mol. The van der Waals surface area contributed by atoms with Crippen molar-refractivity contribution in [2.24, 2.45) is 7.05 Å². The van der Waals surface area contributed by atoms with E-state index in [1.807, 2.05) is 7.05 Å². The number of hydrogen-bond acceptors (Lipinski definition) is 4. The summed E-state index contributed by atoms with van der Waals surface area (Å²) in [6.07, 6.45) is 1.60. The van der Waals surface area contributed by atoms with Gasteiger partial charge in [-0.2, -0.15) is 0 Å². The Bertz CT molecular complexity index is 597. The maximum atomic E-state index is 13.4. The molecule has 0 fully saturated rings. The van der Waals surface area contributed by atoms with Gasteiger partial charge in [-0.3, -0.25) is 0 Å². The molecular formula is C12H13FN4O2. The molecule has 1 heterocycles. The summed E-state index contributed by atoms with van der Waals surface area (Å²) < 4.78 is 15.2. The zero-order chi connectivity index (χ0) is 13.8. The first-order valence-electron chi connectivity index (χ1n) is 5.63. The first-order chi connectivity index (χ1) is 9.08. The minimum atomic E-state index is -1.27. The number of hydrogen-bond donors (Lipinski definition) is 2. The molecule has 2 N–H and O–H groups in total. The average Bonchev–Trinajstić information content (AvgIpc) is 2.75. The normalized spacial score (nSPS) is 10.6. The number of benzene rings is 1. The SMILES string of the molecule is Cn1cnnc1CNCc1ccc(C(=O)O)c(F)c1. The molecular weight excluding hydrogens is 251 g/mol. The van der Waals surface area contributed by atoms with E-state index >= 15 is 0 Å². The highest BCUT2D eigenvalue weighted by atomic mass is 19.1. The highest BCUT2D eigenvalue weighted by Gasteiger charge is 2.10. The van der Waals surface area contributed by atoms with E-state index in [1.54, 1.807) is 17.0 Å². The van der Waals surface area contributed by atoms with Crippen molar-refractivity contribution in [3.05, 3.63) is 47.3 Å². The van der Waals surface area contributed by atoms with E-state index in [4.69, 9.17) is 5.11 Å². The summed E-state index contributed by atoms with van der Waals surface area (Å²) in [7, 11) is 1.83. The van der Waals surface area contributed by atoms with Gasteiger partial charge in [0.1, 0.15) is 18.0 Å². The lowest BCUT2D eigenvalue weighted by atomic mass is 10.1. The zero-order valence-electron chi connectivity index (χ0n) is 10.3. The molecule has 2 aromatic rings. The van der Waals surface area contributed by atoms with Crippen molar-refractivity contribution in [3.8, 4) is 0 Å².